The molecule has 13 heavy (non-hydrogen) atoms. The fourth-order valence-electron chi connectivity index (χ4n) is 0.977. The van der Waals surface area contributed by atoms with Crippen LogP contribution < -0.4 is 21.7 Å². The molecule has 1 atom stereocenters. The number of halogens is 1. The van der Waals surface area contributed by atoms with Crippen LogP contribution in [0.15, 0.2) is 18.2 Å². The van der Waals surface area contributed by atoms with Crippen molar-refractivity contribution in [3.63, 3.8) is 0 Å². The maximum atomic E-state index is 5.93. The van der Waals surface area contributed by atoms with Gasteiger partial charge in [0.2, 0.25) is 0 Å². The van der Waals surface area contributed by atoms with Crippen molar-refractivity contribution < 1.29 is 4.74 Å². The molecule has 4 nitrogen and oxygen atoms in total. The Morgan fingerprint density at radius 1 is 1.54 bits per heavy atom. The summed E-state index contributed by atoms with van der Waals surface area (Å²) in [4.78, 5) is 0. The first-order valence-corrected chi connectivity index (χ1v) is 4.12. The van der Waals surface area contributed by atoms with E-state index in [0.717, 1.165) is 5.56 Å². The van der Waals surface area contributed by atoms with Crippen LogP contribution in [0.25, 0.3) is 0 Å². The van der Waals surface area contributed by atoms with Crippen molar-refractivity contribution in [1.82, 2.24) is 5.43 Å². The summed E-state index contributed by atoms with van der Waals surface area (Å²) in [6.45, 7) is 0. The molecule has 0 aliphatic rings. The molecular formula is C8H12ClN3O. The van der Waals surface area contributed by atoms with Gasteiger partial charge in [0.1, 0.15) is 5.75 Å². The van der Waals surface area contributed by atoms with Crippen LogP contribution in [-0.2, 0) is 0 Å². The number of rotatable bonds is 3. The summed E-state index contributed by atoms with van der Waals surface area (Å²) in [6, 6.07) is 5.23. The number of benzene rings is 1. The highest BCUT2D eigenvalue weighted by Crippen LogP contribution is 2.24. The third kappa shape index (κ3) is 2.32. The molecule has 0 fully saturated rings. The Kier molecular flexibility index (Phi) is 3.50. The molecule has 0 saturated heterocycles. The second kappa shape index (κ2) is 4.43. The van der Waals surface area contributed by atoms with Gasteiger partial charge in [0.25, 0.3) is 0 Å². The van der Waals surface area contributed by atoms with Crippen LogP contribution in [0.2, 0.25) is 5.02 Å². The third-order valence-corrected chi connectivity index (χ3v) is 2.05. The van der Waals surface area contributed by atoms with E-state index in [1.165, 1.54) is 0 Å². The lowest BCUT2D eigenvalue weighted by molar-refractivity contribution is 0.414. The van der Waals surface area contributed by atoms with Gasteiger partial charge >= 0.3 is 0 Å². The molecule has 1 aromatic carbocycles. The van der Waals surface area contributed by atoms with E-state index in [0.29, 0.717) is 10.8 Å². The van der Waals surface area contributed by atoms with Crippen LogP contribution in [0.3, 0.4) is 0 Å². The van der Waals surface area contributed by atoms with Crippen LogP contribution in [0, 0.1) is 0 Å². The topological polar surface area (TPSA) is 73.3 Å². The predicted molar refractivity (Wildman–Crippen MR) is 52.3 cm³/mol. The minimum Gasteiger partial charge on any atom is -0.497 e. The van der Waals surface area contributed by atoms with Gasteiger partial charge in [-0.15, -0.1) is 0 Å². The van der Waals surface area contributed by atoms with E-state index in [9.17, 15) is 0 Å². The number of nitrogens with two attached hydrogens (primary N) is 2. The van der Waals surface area contributed by atoms with Crippen LogP contribution in [0.4, 0.5) is 0 Å². The summed E-state index contributed by atoms with van der Waals surface area (Å²) < 4.78 is 4.99. The molecule has 1 rings (SSSR count). The lowest BCUT2D eigenvalue weighted by Crippen LogP contribution is -2.34. The largest absolute Gasteiger partial charge is 0.497 e. The molecule has 0 amide bonds. The van der Waals surface area contributed by atoms with Gasteiger partial charge in [-0.3, -0.25) is 5.84 Å². The van der Waals surface area contributed by atoms with Crippen LogP contribution in [0.1, 0.15) is 11.7 Å². The highest BCUT2D eigenvalue weighted by molar-refractivity contribution is 6.31. The van der Waals surface area contributed by atoms with E-state index in [1.54, 1.807) is 25.3 Å². The van der Waals surface area contributed by atoms with Gasteiger partial charge < -0.3 is 10.5 Å². The molecule has 0 radical (unpaired) electrons. The molecule has 0 bridgehead atoms. The normalized spacial score (nSPS) is 12.6. The first-order chi connectivity index (χ1) is 6.19. The first kappa shape index (κ1) is 10.3. The summed E-state index contributed by atoms with van der Waals surface area (Å²) in [6.07, 6.45) is -0.460. The zero-order valence-electron chi connectivity index (χ0n) is 7.25. The lowest BCUT2D eigenvalue weighted by atomic mass is 10.2. The average molecular weight is 202 g/mol. The molecule has 0 saturated carbocycles. The predicted octanol–water partition coefficient (Wildman–Crippen LogP) is 0.769. The smallest absolute Gasteiger partial charge is 0.120 e. The number of hydrogen-bond acceptors (Lipinski definition) is 4. The highest BCUT2D eigenvalue weighted by atomic mass is 35.5. The Labute approximate surface area is 81.8 Å². The van der Waals surface area contributed by atoms with Crippen molar-refractivity contribution >= 4 is 11.6 Å². The van der Waals surface area contributed by atoms with Gasteiger partial charge in [-0.05, 0) is 12.1 Å². The zero-order chi connectivity index (χ0) is 9.84. The minimum absolute atomic E-state index is 0.460. The maximum absolute atomic E-state index is 5.93. The summed E-state index contributed by atoms with van der Waals surface area (Å²) in [7, 11) is 1.58. The van der Waals surface area contributed by atoms with E-state index >= 15 is 0 Å². The molecule has 72 valence electrons. The Morgan fingerprint density at radius 2 is 2.23 bits per heavy atom. The van der Waals surface area contributed by atoms with Gasteiger partial charge in [0, 0.05) is 5.56 Å². The Hall–Kier alpha value is -0.810. The average Bonchev–Trinajstić information content (AvgIpc) is 2.16. The lowest BCUT2D eigenvalue weighted by Gasteiger charge is -2.12. The summed E-state index contributed by atoms with van der Waals surface area (Å²) in [5.41, 5.74) is 8.78. The second-order valence-electron chi connectivity index (χ2n) is 2.53. The molecule has 0 aliphatic heterocycles. The molecule has 5 heteroatoms. The first-order valence-electron chi connectivity index (χ1n) is 3.74. The van der Waals surface area contributed by atoms with Gasteiger partial charge in [-0.2, -0.15) is 0 Å². The molecule has 5 N–H and O–H groups in total. The number of nitrogens with one attached hydrogen (secondary N) is 1. The van der Waals surface area contributed by atoms with Crippen molar-refractivity contribution in [2.75, 3.05) is 7.11 Å². The standard InChI is InChI=1S/C8H12ClN3O/c1-13-5-2-3-6(7(9)4-5)8(10)12-11/h2-4,8,12H,10-11H2,1H3. The molecule has 0 aromatic heterocycles. The van der Waals surface area contributed by atoms with Gasteiger partial charge in [-0.25, -0.2) is 5.43 Å². The monoisotopic (exact) mass is 201 g/mol. The number of ether oxygens (including phenoxy) is 1. The number of hydrogen-bond donors (Lipinski definition) is 3. The van der Waals surface area contributed by atoms with Gasteiger partial charge in [0.15, 0.2) is 0 Å². The molecule has 0 aliphatic carbocycles. The van der Waals surface area contributed by atoms with Crippen molar-refractivity contribution in [3.8, 4) is 5.75 Å². The summed E-state index contributed by atoms with van der Waals surface area (Å²) in [5, 5.41) is 0.532. The maximum Gasteiger partial charge on any atom is 0.120 e. The fraction of sp³-hybridized carbons (Fsp3) is 0.250. The van der Waals surface area contributed by atoms with E-state index in [-0.39, 0.29) is 0 Å². The third-order valence-electron chi connectivity index (χ3n) is 1.72. The van der Waals surface area contributed by atoms with E-state index in [1.807, 2.05) is 0 Å². The van der Waals surface area contributed by atoms with E-state index < -0.39 is 6.17 Å². The zero-order valence-corrected chi connectivity index (χ0v) is 8.01. The molecule has 1 unspecified atom stereocenters. The molecule has 0 spiro atoms. The SMILES string of the molecule is COc1ccc(C(N)NN)c(Cl)c1. The van der Waals surface area contributed by atoms with Crippen molar-refractivity contribution in [1.29, 1.82) is 0 Å². The summed E-state index contributed by atoms with van der Waals surface area (Å²) in [5.74, 6) is 5.87. The van der Waals surface area contributed by atoms with Gasteiger partial charge in [-0.1, -0.05) is 17.7 Å². The van der Waals surface area contributed by atoms with Crippen molar-refractivity contribution in [3.05, 3.63) is 28.8 Å². The van der Waals surface area contributed by atoms with E-state index in [4.69, 9.17) is 27.9 Å². The minimum atomic E-state index is -0.460. The number of methoxy groups -OCH3 is 1. The fourth-order valence-corrected chi connectivity index (χ4v) is 1.26. The van der Waals surface area contributed by atoms with Gasteiger partial charge in [0.05, 0.1) is 18.3 Å². The van der Waals surface area contributed by atoms with Crippen LogP contribution in [0.5, 0.6) is 5.75 Å². The van der Waals surface area contributed by atoms with Crippen LogP contribution >= 0.6 is 11.6 Å². The van der Waals surface area contributed by atoms with E-state index in [2.05, 4.69) is 5.43 Å². The Balaban J connectivity index is 2.98. The van der Waals surface area contributed by atoms with Crippen LogP contribution in [-0.4, -0.2) is 7.11 Å². The highest BCUT2D eigenvalue weighted by Gasteiger charge is 2.08. The van der Waals surface area contributed by atoms with Crippen molar-refractivity contribution in [2.24, 2.45) is 11.6 Å². The molecule has 1 aromatic rings. The quantitative estimate of drug-likeness (QED) is 0.384. The van der Waals surface area contributed by atoms with Crippen molar-refractivity contribution in [2.45, 2.75) is 6.17 Å². The summed E-state index contributed by atoms with van der Waals surface area (Å²) >= 11 is 5.93. The second-order valence-corrected chi connectivity index (χ2v) is 2.94. The Bertz CT molecular complexity index is 293. The number of hydrazine groups is 1. The molecule has 0 heterocycles. The Morgan fingerprint density at radius 3 is 2.69 bits per heavy atom. The molecular weight excluding hydrogens is 190 g/mol.